The first-order valence-electron chi connectivity index (χ1n) is 10.5. The molecule has 2 unspecified atom stereocenters. The Balaban J connectivity index is 1.49. The molecule has 3 nitrogen and oxygen atoms in total. The number of rotatable bonds is 7. The summed E-state index contributed by atoms with van der Waals surface area (Å²) in [5.41, 5.74) is 3.36. The Bertz CT molecular complexity index is 961. The van der Waals surface area contributed by atoms with Crippen molar-refractivity contribution in [3.8, 4) is 5.75 Å². The van der Waals surface area contributed by atoms with Gasteiger partial charge in [0.05, 0.1) is 5.92 Å². The Morgan fingerprint density at radius 1 is 1.03 bits per heavy atom. The van der Waals surface area contributed by atoms with Gasteiger partial charge < -0.3 is 9.64 Å². The zero-order valence-electron chi connectivity index (χ0n) is 17.2. The highest BCUT2D eigenvalue weighted by Gasteiger charge is 2.34. The Morgan fingerprint density at radius 3 is 2.50 bits per heavy atom. The molecule has 1 heterocycles. The van der Waals surface area contributed by atoms with Gasteiger partial charge in [-0.3, -0.25) is 4.79 Å². The molecule has 0 radical (unpaired) electrons. The van der Waals surface area contributed by atoms with E-state index in [1.165, 1.54) is 0 Å². The summed E-state index contributed by atoms with van der Waals surface area (Å²) in [4.78, 5) is 15.5. The summed E-state index contributed by atoms with van der Waals surface area (Å²) in [6, 6.07) is 28.5. The van der Waals surface area contributed by atoms with Crippen molar-refractivity contribution in [3.63, 3.8) is 0 Å². The lowest BCUT2D eigenvalue weighted by Gasteiger charge is -2.28. The maximum Gasteiger partial charge on any atom is 0.231 e. The maximum atomic E-state index is 13.4. The number of carbonyl (C=O) groups excluding carboxylic acids is 1. The molecule has 0 bridgehead atoms. The van der Waals surface area contributed by atoms with Crippen molar-refractivity contribution in [1.82, 2.24) is 4.90 Å². The van der Waals surface area contributed by atoms with E-state index in [2.05, 4.69) is 43.3 Å². The second-order valence-corrected chi connectivity index (χ2v) is 8.66. The molecule has 154 valence electrons. The molecule has 0 saturated carbocycles. The summed E-state index contributed by atoms with van der Waals surface area (Å²) in [7, 11) is 0. The molecule has 30 heavy (non-hydrogen) atoms. The van der Waals surface area contributed by atoms with Gasteiger partial charge in [-0.1, -0.05) is 79.7 Å². The third-order valence-corrected chi connectivity index (χ3v) is 6.73. The molecule has 3 aromatic rings. The average molecular weight is 418 g/mol. The molecule has 1 aliphatic heterocycles. The predicted molar refractivity (Wildman–Crippen MR) is 124 cm³/mol. The number of carbonyl (C=O) groups is 1. The second-order valence-electron chi connectivity index (χ2n) is 7.47. The highest BCUT2D eigenvalue weighted by Crippen LogP contribution is 2.41. The molecule has 0 spiro atoms. The van der Waals surface area contributed by atoms with E-state index in [4.69, 9.17) is 4.74 Å². The van der Waals surface area contributed by atoms with Gasteiger partial charge in [0.25, 0.3) is 0 Å². The van der Waals surface area contributed by atoms with Crippen LogP contribution in [-0.2, 0) is 11.4 Å². The summed E-state index contributed by atoms with van der Waals surface area (Å²) in [5.74, 6) is 1.92. The third-order valence-electron chi connectivity index (χ3n) is 5.47. The molecule has 0 N–H and O–H groups in total. The maximum absolute atomic E-state index is 13.4. The van der Waals surface area contributed by atoms with E-state index in [9.17, 15) is 4.79 Å². The van der Waals surface area contributed by atoms with E-state index in [1.54, 1.807) is 0 Å². The monoisotopic (exact) mass is 417 g/mol. The van der Waals surface area contributed by atoms with E-state index < -0.39 is 0 Å². The lowest BCUT2D eigenvalue weighted by atomic mass is 9.95. The summed E-state index contributed by atoms with van der Waals surface area (Å²) < 4.78 is 6.01. The van der Waals surface area contributed by atoms with Crippen LogP contribution in [0.4, 0.5) is 0 Å². The van der Waals surface area contributed by atoms with Crippen molar-refractivity contribution in [2.45, 2.75) is 31.2 Å². The van der Waals surface area contributed by atoms with Crippen LogP contribution in [0.2, 0.25) is 0 Å². The number of amides is 1. The van der Waals surface area contributed by atoms with E-state index in [1.807, 2.05) is 65.2 Å². The summed E-state index contributed by atoms with van der Waals surface area (Å²) >= 11 is 1.83. The molecule has 0 aliphatic carbocycles. The summed E-state index contributed by atoms with van der Waals surface area (Å²) in [5, 5.41) is 0.0375. The highest BCUT2D eigenvalue weighted by atomic mass is 32.2. The largest absolute Gasteiger partial charge is 0.489 e. The normalized spacial score (nSPS) is 17.0. The van der Waals surface area contributed by atoms with Gasteiger partial charge in [-0.05, 0) is 35.2 Å². The summed E-state index contributed by atoms with van der Waals surface area (Å²) in [6.07, 6.45) is 0.803. The van der Waals surface area contributed by atoms with Crippen LogP contribution in [0.5, 0.6) is 5.75 Å². The lowest BCUT2D eigenvalue weighted by Crippen LogP contribution is -2.34. The van der Waals surface area contributed by atoms with Crippen molar-refractivity contribution >= 4 is 17.7 Å². The van der Waals surface area contributed by atoms with Gasteiger partial charge in [0.1, 0.15) is 17.7 Å². The van der Waals surface area contributed by atoms with E-state index in [0.717, 1.165) is 41.2 Å². The van der Waals surface area contributed by atoms with E-state index in [-0.39, 0.29) is 17.2 Å². The van der Waals surface area contributed by atoms with Crippen LogP contribution < -0.4 is 4.74 Å². The molecule has 4 heteroatoms. The van der Waals surface area contributed by atoms with Gasteiger partial charge in [-0.25, -0.2) is 0 Å². The minimum Gasteiger partial charge on any atom is -0.489 e. The van der Waals surface area contributed by atoms with Crippen molar-refractivity contribution < 1.29 is 9.53 Å². The highest BCUT2D eigenvalue weighted by molar-refractivity contribution is 7.99. The fraction of sp³-hybridized carbons (Fsp3) is 0.269. The van der Waals surface area contributed by atoms with E-state index >= 15 is 0 Å². The summed E-state index contributed by atoms with van der Waals surface area (Å²) in [6.45, 7) is 3.41. The topological polar surface area (TPSA) is 29.5 Å². The molecule has 1 fully saturated rings. The van der Waals surface area contributed by atoms with Crippen LogP contribution in [-0.4, -0.2) is 23.1 Å². The smallest absolute Gasteiger partial charge is 0.231 e. The number of hydrogen-bond donors (Lipinski definition) is 0. The molecular formula is C26H27NO2S. The van der Waals surface area contributed by atoms with Crippen LogP contribution in [0.1, 0.15) is 41.3 Å². The number of ether oxygens (including phenoxy) is 1. The molecule has 1 amide bonds. The quantitative estimate of drug-likeness (QED) is 0.470. The van der Waals surface area contributed by atoms with Crippen molar-refractivity contribution in [2.75, 3.05) is 12.3 Å². The fourth-order valence-electron chi connectivity index (χ4n) is 3.91. The van der Waals surface area contributed by atoms with Crippen molar-refractivity contribution in [3.05, 3.63) is 102 Å². The molecular weight excluding hydrogens is 390 g/mol. The fourth-order valence-corrected chi connectivity index (χ4v) is 5.16. The molecule has 1 aliphatic rings. The Hall–Kier alpha value is -2.72. The van der Waals surface area contributed by atoms with Crippen molar-refractivity contribution in [2.24, 2.45) is 0 Å². The van der Waals surface area contributed by atoms with Crippen LogP contribution in [0.25, 0.3) is 0 Å². The zero-order chi connectivity index (χ0) is 20.8. The van der Waals surface area contributed by atoms with Gasteiger partial charge in [-0.15, -0.1) is 11.8 Å². The Kier molecular flexibility index (Phi) is 6.75. The Labute approximate surface area is 183 Å². The van der Waals surface area contributed by atoms with Gasteiger partial charge in [0.2, 0.25) is 5.91 Å². The minimum absolute atomic E-state index is 0.0375. The van der Waals surface area contributed by atoms with E-state index in [0.29, 0.717) is 6.61 Å². The first-order valence-corrected chi connectivity index (χ1v) is 11.5. The van der Waals surface area contributed by atoms with Gasteiger partial charge >= 0.3 is 0 Å². The Morgan fingerprint density at radius 2 is 1.77 bits per heavy atom. The van der Waals surface area contributed by atoms with Crippen molar-refractivity contribution in [1.29, 1.82) is 0 Å². The molecule has 1 saturated heterocycles. The van der Waals surface area contributed by atoms with Crippen LogP contribution in [0.3, 0.4) is 0 Å². The molecule has 3 aromatic carbocycles. The second kappa shape index (κ2) is 9.86. The first-order chi connectivity index (χ1) is 14.8. The third kappa shape index (κ3) is 4.71. The van der Waals surface area contributed by atoms with Crippen LogP contribution >= 0.6 is 11.8 Å². The zero-order valence-corrected chi connectivity index (χ0v) is 18.1. The lowest BCUT2D eigenvalue weighted by molar-refractivity contribution is -0.133. The molecule has 4 rings (SSSR count). The standard InChI is InChI=1S/C26H27NO2S/c1-2-24(21-12-7-4-8-13-21)25(28)27-16-17-30-26(27)22-14-9-15-23(18-22)29-19-20-10-5-3-6-11-20/h3-15,18,24,26H,2,16-17,19H2,1H3. The van der Waals surface area contributed by atoms with Gasteiger partial charge in [0, 0.05) is 12.3 Å². The number of nitrogens with zero attached hydrogens (tertiary/aromatic N) is 1. The van der Waals surface area contributed by atoms with Crippen LogP contribution in [0, 0.1) is 0 Å². The number of benzene rings is 3. The number of thioether (sulfide) groups is 1. The van der Waals surface area contributed by atoms with Crippen LogP contribution in [0.15, 0.2) is 84.9 Å². The van der Waals surface area contributed by atoms with Gasteiger partial charge in [-0.2, -0.15) is 0 Å². The molecule has 0 aromatic heterocycles. The average Bonchev–Trinajstić information content (AvgIpc) is 3.30. The predicted octanol–water partition coefficient (Wildman–Crippen LogP) is 6.03. The number of hydrogen-bond acceptors (Lipinski definition) is 3. The molecule has 2 atom stereocenters. The van der Waals surface area contributed by atoms with Gasteiger partial charge in [0.15, 0.2) is 0 Å². The first kappa shape index (κ1) is 20.5. The SMILES string of the molecule is CCC(C(=O)N1CCSC1c1cccc(OCc2ccccc2)c1)c1ccccc1. The minimum atomic E-state index is -0.0927.